The molecule has 0 bridgehead atoms. The second-order valence-electron chi connectivity index (χ2n) is 5.35. The SMILES string of the molecule is O=C(CSc1nnc(COc2ccc(Cl)cc2)o1)Nc1ccc([N+](=O)[O-])cc1. The van der Waals surface area contributed by atoms with E-state index in [0.29, 0.717) is 16.5 Å². The van der Waals surface area contributed by atoms with Gasteiger partial charge in [-0.2, -0.15) is 0 Å². The second kappa shape index (κ2) is 9.20. The largest absolute Gasteiger partial charge is 0.484 e. The van der Waals surface area contributed by atoms with E-state index < -0.39 is 4.92 Å². The van der Waals surface area contributed by atoms with Crippen LogP contribution in [0.2, 0.25) is 5.02 Å². The van der Waals surface area contributed by atoms with Gasteiger partial charge in [-0.3, -0.25) is 14.9 Å². The number of amides is 1. The van der Waals surface area contributed by atoms with Crippen LogP contribution in [-0.2, 0) is 11.4 Å². The Kier molecular flexibility index (Phi) is 6.45. The smallest absolute Gasteiger partial charge is 0.277 e. The van der Waals surface area contributed by atoms with E-state index in [-0.39, 0.29) is 35.1 Å². The lowest BCUT2D eigenvalue weighted by atomic mass is 10.3. The molecule has 0 fully saturated rings. The van der Waals surface area contributed by atoms with Crippen LogP contribution in [-0.4, -0.2) is 26.8 Å². The summed E-state index contributed by atoms with van der Waals surface area (Å²) in [5.41, 5.74) is 0.408. The Morgan fingerprint density at radius 1 is 1.18 bits per heavy atom. The Bertz CT molecular complexity index is 962. The van der Waals surface area contributed by atoms with E-state index in [1.165, 1.54) is 24.3 Å². The molecule has 1 heterocycles. The Labute approximate surface area is 168 Å². The minimum atomic E-state index is -0.509. The quantitative estimate of drug-likeness (QED) is 0.330. The first-order valence-corrected chi connectivity index (χ1v) is 9.24. The maximum absolute atomic E-state index is 12.0. The number of benzene rings is 2. The Morgan fingerprint density at radius 2 is 1.89 bits per heavy atom. The number of ether oxygens (including phenoxy) is 1. The van der Waals surface area contributed by atoms with E-state index in [4.69, 9.17) is 20.8 Å². The van der Waals surface area contributed by atoms with Gasteiger partial charge in [0.25, 0.3) is 16.8 Å². The Hall–Kier alpha value is -3.11. The van der Waals surface area contributed by atoms with Crippen LogP contribution in [0.3, 0.4) is 0 Å². The monoisotopic (exact) mass is 420 g/mol. The minimum Gasteiger partial charge on any atom is -0.484 e. The lowest BCUT2D eigenvalue weighted by molar-refractivity contribution is -0.384. The van der Waals surface area contributed by atoms with Gasteiger partial charge in [0.05, 0.1) is 10.7 Å². The summed E-state index contributed by atoms with van der Waals surface area (Å²) in [4.78, 5) is 22.1. The number of halogens is 1. The Balaban J connectivity index is 1.45. The van der Waals surface area contributed by atoms with Gasteiger partial charge in [0.1, 0.15) is 5.75 Å². The highest BCUT2D eigenvalue weighted by atomic mass is 35.5. The molecule has 2 aromatic carbocycles. The number of anilines is 1. The number of nitro groups is 1. The zero-order chi connectivity index (χ0) is 19.9. The third-order valence-electron chi connectivity index (χ3n) is 3.31. The first-order valence-electron chi connectivity index (χ1n) is 7.87. The van der Waals surface area contributed by atoms with Crippen LogP contribution in [0.5, 0.6) is 5.75 Å². The molecule has 0 aliphatic heterocycles. The zero-order valence-electron chi connectivity index (χ0n) is 14.2. The first kappa shape index (κ1) is 19.6. The highest BCUT2D eigenvalue weighted by molar-refractivity contribution is 7.99. The van der Waals surface area contributed by atoms with Gasteiger partial charge in [-0.15, -0.1) is 10.2 Å². The second-order valence-corrected chi connectivity index (χ2v) is 6.71. The summed E-state index contributed by atoms with van der Waals surface area (Å²) in [5.74, 6) is 0.611. The fourth-order valence-corrected chi connectivity index (χ4v) is 2.73. The molecular formula is C17H13ClN4O5S. The van der Waals surface area contributed by atoms with E-state index in [1.54, 1.807) is 24.3 Å². The first-order chi connectivity index (χ1) is 13.5. The number of aromatic nitrogens is 2. The van der Waals surface area contributed by atoms with Crippen LogP contribution in [0.1, 0.15) is 5.89 Å². The van der Waals surface area contributed by atoms with Crippen molar-refractivity contribution in [1.82, 2.24) is 10.2 Å². The lowest BCUT2D eigenvalue weighted by Crippen LogP contribution is -2.13. The number of hydrogen-bond donors (Lipinski definition) is 1. The van der Waals surface area contributed by atoms with E-state index in [9.17, 15) is 14.9 Å². The number of non-ortho nitro benzene ring substituents is 1. The van der Waals surface area contributed by atoms with Crippen LogP contribution in [0.25, 0.3) is 0 Å². The van der Waals surface area contributed by atoms with Gasteiger partial charge in [0, 0.05) is 22.8 Å². The normalized spacial score (nSPS) is 10.5. The van der Waals surface area contributed by atoms with E-state index in [1.807, 2.05) is 0 Å². The van der Waals surface area contributed by atoms with Gasteiger partial charge >= 0.3 is 0 Å². The van der Waals surface area contributed by atoms with Crippen LogP contribution in [0.15, 0.2) is 58.2 Å². The fourth-order valence-electron chi connectivity index (χ4n) is 2.02. The number of carbonyl (C=O) groups excluding carboxylic acids is 1. The number of rotatable bonds is 8. The lowest BCUT2D eigenvalue weighted by Gasteiger charge is -2.03. The number of nitro benzene ring substituents is 1. The van der Waals surface area contributed by atoms with Crippen LogP contribution < -0.4 is 10.1 Å². The summed E-state index contributed by atoms with van der Waals surface area (Å²) in [7, 11) is 0. The highest BCUT2D eigenvalue weighted by Crippen LogP contribution is 2.20. The van der Waals surface area contributed by atoms with E-state index in [2.05, 4.69) is 15.5 Å². The van der Waals surface area contributed by atoms with Crippen molar-refractivity contribution < 1.29 is 18.9 Å². The molecule has 0 saturated heterocycles. The molecule has 0 aliphatic rings. The highest BCUT2D eigenvalue weighted by Gasteiger charge is 2.11. The van der Waals surface area contributed by atoms with Gasteiger partial charge in [-0.05, 0) is 36.4 Å². The number of nitrogens with one attached hydrogen (secondary N) is 1. The van der Waals surface area contributed by atoms with Crippen LogP contribution in [0, 0.1) is 10.1 Å². The Morgan fingerprint density at radius 3 is 2.57 bits per heavy atom. The number of hydrogen-bond acceptors (Lipinski definition) is 8. The molecule has 3 aromatic rings. The predicted molar refractivity (Wildman–Crippen MR) is 103 cm³/mol. The fraction of sp³-hybridized carbons (Fsp3) is 0.118. The number of nitrogens with zero attached hydrogens (tertiary/aromatic N) is 3. The third-order valence-corrected chi connectivity index (χ3v) is 4.38. The van der Waals surface area contributed by atoms with Gasteiger partial charge < -0.3 is 14.5 Å². The van der Waals surface area contributed by atoms with Crippen molar-refractivity contribution in [3.05, 3.63) is 69.6 Å². The van der Waals surface area contributed by atoms with Crippen molar-refractivity contribution in [1.29, 1.82) is 0 Å². The molecule has 3 rings (SSSR count). The number of thioether (sulfide) groups is 1. The topological polar surface area (TPSA) is 120 Å². The molecule has 0 atom stereocenters. The van der Waals surface area contributed by atoms with Gasteiger partial charge in [-0.1, -0.05) is 23.4 Å². The summed E-state index contributed by atoms with van der Waals surface area (Å²) in [6.45, 7) is 0.0875. The summed E-state index contributed by atoms with van der Waals surface area (Å²) in [6.07, 6.45) is 0. The summed E-state index contributed by atoms with van der Waals surface area (Å²) >= 11 is 6.87. The van der Waals surface area contributed by atoms with Gasteiger partial charge in [0.15, 0.2) is 6.61 Å². The van der Waals surface area contributed by atoms with E-state index >= 15 is 0 Å². The summed E-state index contributed by atoms with van der Waals surface area (Å²) in [6, 6.07) is 12.4. The molecule has 0 spiro atoms. The van der Waals surface area contributed by atoms with Crippen molar-refractivity contribution in [2.24, 2.45) is 0 Å². The van der Waals surface area contributed by atoms with Crippen molar-refractivity contribution in [3.63, 3.8) is 0 Å². The molecule has 0 aliphatic carbocycles. The van der Waals surface area contributed by atoms with E-state index in [0.717, 1.165) is 11.8 Å². The molecule has 1 N–H and O–H groups in total. The molecular weight excluding hydrogens is 408 g/mol. The van der Waals surface area contributed by atoms with Crippen molar-refractivity contribution >= 4 is 40.6 Å². The summed E-state index contributed by atoms with van der Waals surface area (Å²) < 4.78 is 10.9. The predicted octanol–water partition coefficient (Wildman–Crippen LogP) is 3.94. The van der Waals surface area contributed by atoms with Crippen molar-refractivity contribution in [2.75, 3.05) is 11.1 Å². The molecule has 144 valence electrons. The van der Waals surface area contributed by atoms with Crippen molar-refractivity contribution in [2.45, 2.75) is 11.8 Å². The standard InChI is InChI=1S/C17H13ClN4O5S/c18-11-1-7-14(8-2-11)26-9-16-20-21-17(27-16)28-10-15(23)19-12-3-5-13(6-4-12)22(24)25/h1-8H,9-10H2,(H,19,23). The third kappa shape index (κ3) is 5.69. The molecule has 28 heavy (non-hydrogen) atoms. The molecule has 9 nitrogen and oxygen atoms in total. The molecule has 1 amide bonds. The van der Waals surface area contributed by atoms with Gasteiger partial charge in [-0.25, -0.2) is 0 Å². The molecule has 1 aromatic heterocycles. The summed E-state index contributed by atoms with van der Waals surface area (Å²) in [5, 5.41) is 21.8. The average Bonchev–Trinajstić information content (AvgIpc) is 3.14. The van der Waals surface area contributed by atoms with Gasteiger partial charge in [0.2, 0.25) is 5.91 Å². The minimum absolute atomic E-state index is 0.0384. The molecule has 0 radical (unpaired) electrons. The average molecular weight is 421 g/mol. The maximum Gasteiger partial charge on any atom is 0.277 e. The molecule has 11 heteroatoms. The zero-order valence-corrected chi connectivity index (χ0v) is 15.8. The molecule has 0 saturated carbocycles. The van der Waals surface area contributed by atoms with Crippen molar-refractivity contribution in [3.8, 4) is 5.75 Å². The number of carbonyl (C=O) groups is 1. The molecule has 0 unspecified atom stereocenters. The van der Waals surface area contributed by atoms with Crippen LogP contribution in [0.4, 0.5) is 11.4 Å². The van der Waals surface area contributed by atoms with Crippen LogP contribution >= 0.6 is 23.4 Å². The maximum atomic E-state index is 12.0.